The van der Waals surface area contributed by atoms with E-state index in [0.717, 1.165) is 10.2 Å². The third-order valence-corrected chi connectivity index (χ3v) is 5.32. The largest absolute Gasteiger partial charge is 0.493 e. The number of rotatable bonds is 8. The first-order valence-corrected chi connectivity index (χ1v) is 10.1. The third kappa shape index (κ3) is 4.85. The number of halogens is 1. The van der Waals surface area contributed by atoms with Crippen molar-refractivity contribution in [2.24, 2.45) is 0 Å². The van der Waals surface area contributed by atoms with Gasteiger partial charge in [-0.25, -0.2) is 4.68 Å². The monoisotopic (exact) mass is 488 g/mol. The molecule has 0 aliphatic heterocycles. The highest BCUT2D eigenvalue weighted by Gasteiger charge is 2.20. The number of hydrogen-bond acceptors (Lipinski definition) is 6. The molecule has 0 aliphatic rings. The van der Waals surface area contributed by atoms with E-state index in [1.165, 1.54) is 26.5 Å². The molecule has 1 N–H and O–H groups in total. The number of hydrogen-bond donors (Lipinski definition) is 1. The van der Waals surface area contributed by atoms with Crippen LogP contribution in [0, 0.1) is 17.0 Å². The van der Waals surface area contributed by atoms with Gasteiger partial charge in [0.05, 0.1) is 48.4 Å². The number of nitro groups is 1. The van der Waals surface area contributed by atoms with Crippen molar-refractivity contribution < 1.29 is 19.2 Å². The zero-order valence-corrected chi connectivity index (χ0v) is 18.8. The average molecular weight is 489 g/mol. The van der Waals surface area contributed by atoms with Crippen LogP contribution < -0.4 is 14.8 Å². The molecule has 2 aromatic carbocycles. The summed E-state index contributed by atoms with van der Waals surface area (Å²) in [7, 11) is 2.87. The molecule has 0 saturated carbocycles. The molecule has 3 aromatic rings. The SMILES string of the molecule is COc1cc(CCNC(=O)c2cnn(-c3ccc(Br)cc3)c2C)c([N+](=O)[O-])cc1OC. The van der Waals surface area contributed by atoms with Gasteiger partial charge in [-0.2, -0.15) is 5.10 Å². The number of nitrogens with zero attached hydrogens (tertiary/aromatic N) is 3. The second kappa shape index (κ2) is 9.61. The third-order valence-electron chi connectivity index (χ3n) is 4.79. The Balaban J connectivity index is 1.72. The minimum atomic E-state index is -0.481. The first-order valence-electron chi connectivity index (χ1n) is 9.33. The Hall–Kier alpha value is -3.40. The molecule has 10 heteroatoms. The van der Waals surface area contributed by atoms with Crippen LogP contribution in [0.4, 0.5) is 5.69 Å². The molecule has 0 fully saturated rings. The number of carbonyl (C=O) groups is 1. The molecule has 162 valence electrons. The van der Waals surface area contributed by atoms with E-state index in [1.54, 1.807) is 10.7 Å². The maximum atomic E-state index is 12.6. The van der Waals surface area contributed by atoms with E-state index < -0.39 is 4.92 Å². The highest BCUT2D eigenvalue weighted by Crippen LogP contribution is 2.34. The standard InChI is InChI=1S/C21H21BrN4O5/c1-13-17(12-24-25(13)16-6-4-15(22)5-7-16)21(27)23-9-8-14-10-19(30-2)20(31-3)11-18(14)26(28)29/h4-7,10-12H,8-9H2,1-3H3,(H,23,27). The minimum absolute atomic E-state index is 0.0915. The highest BCUT2D eigenvalue weighted by atomic mass is 79.9. The predicted molar refractivity (Wildman–Crippen MR) is 118 cm³/mol. The molecular formula is C21H21BrN4O5. The number of nitro benzene ring substituents is 1. The van der Waals surface area contributed by atoms with E-state index in [9.17, 15) is 14.9 Å². The Bertz CT molecular complexity index is 1110. The number of carbonyl (C=O) groups excluding carboxylic acids is 1. The van der Waals surface area contributed by atoms with Crippen LogP contribution >= 0.6 is 15.9 Å². The summed E-state index contributed by atoms with van der Waals surface area (Å²) in [5.41, 5.74) is 2.30. The fourth-order valence-corrected chi connectivity index (χ4v) is 3.43. The Labute approximate surface area is 187 Å². The van der Waals surface area contributed by atoms with Gasteiger partial charge in [0.1, 0.15) is 0 Å². The van der Waals surface area contributed by atoms with Gasteiger partial charge in [0.2, 0.25) is 0 Å². The van der Waals surface area contributed by atoms with E-state index in [2.05, 4.69) is 26.3 Å². The molecule has 0 saturated heterocycles. The maximum Gasteiger partial charge on any atom is 0.276 e. The van der Waals surface area contributed by atoms with Gasteiger partial charge in [-0.05, 0) is 43.7 Å². The van der Waals surface area contributed by atoms with Crippen molar-refractivity contribution in [3.8, 4) is 17.2 Å². The van der Waals surface area contributed by atoms with Crippen molar-refractivity contribution in [1.82, 2.24) is 15.1 Å². The Morgan fingerprint density at radius 3 is 2.45 bits per heavy atom. The van der Waals surface area contributed by atoms with E-state index >= 15 is 0 Å². The summed E-state index contributed by atoms with van der Waals surface area (Å²) in [6, 6.07) is 10.4. The number of benzene rings is 2. The number of aromatic nitrogens is 2. The lowest BCUT2D eigenvalue weighted by Crippen LogP contribution is -2.26. The lowest BCUT2D eigenvalue weighted by molar-refractivity contribution is -0.385. The zero-order valence-electron chi connectivity index (χ0n) is 17.2. The molecule has 1 aromatic heterocycles. The van der Waals surface area contributed by atoms with Crippen LogP contribution in [0.1, 0.15) is 21.6 Å². The first kappa shape index (κ1) is 22.3. The molecule has 0 atom stereocenters. The number of amides is 1. The van der Waals surface area contributed by atoms with E-state index in [0.29, 0.717) is 22.6 Å². The van der Waals surface area contributed by atoms with Crippen molar-refractivity contribution in [2.75, 3.05) is 20.8 Å². The van der Waals surface area contributed by atoms with E-state index in [1.807, 2.05) is 31.2 Å². The summed E-state index contributed by atoms with van der Waals surface area (Å²) in [5, 5.41) is 18.5. The fourth-order valence-electron chi connectivity index (χ4n) is 3.16. The van der Waals surface area contributed by atoms with Gasteiger partial charge in [0.15, 0.2) is 11.5 Å². The highest BCUT2D eigenvalue weighted by molar-refractivity contribution is 9.10. The van der Waals surface area contributed by atoms with E-state index in [4.69, 9.17) is 9.47 Å². The van der Waals surface area contributed by atoms with Crippen LogP contribution in [0.5, 0.6) is 11.5 Å². The van der Waals surface area contributed by atoms with E-state index in [-0.39, 0.29) is 30.3 Å². The maximum absolute atomic E-state index is 12.6. The van der Waals surface area contributed by atoms with Gasteiger partial charge in [-0.15, -0.1) is 0 Å². The molecule has 0 aliphatic carbocycles. The van der Waals surface area contributed by atoms with Crippen LogP contribution in [-0.2, 0) is 6.42 Å². The number of methoxy groups -OCH3 is 2. The van der Waals surface area contributed by atoms with Crippen LogP contribution in [0.2, 0.25) is 0 Å². The minimum Gasteiger partial charge on any atom is -0.493 e. The molecule has 3 rings (SSSR count). The summed E-state index contributed by atoms with van der Waals surface area (Å²) in [4.78, 5) is 23.6. The van der Waals surface area contributed by atoms with Crippen LogP contribution in [0.25, 0.3) is 5.69 Å². The lowest BCUT2D eigenvalue weighted by Gasteiger charge is -2.11. The average Bonchev–Trinajstić information content (AvgIpc) is 3.14. The molecule has 1 heterocycles. The molecular weight excluding hydrogens is 468 g/mol. The van der Waals surface area contributed by atoms with Gasteiger partial charge in [0.25, 0.3) is 11.6 Å². The molecule has 1 amide bonds. The lowest BCUT2D eigenvalue weighted by atomic mass is 10.1. The van der Waals surface area contributed by atoms with Gasteiger partial charge in [0, 0.05) is 16.6 Å². The van der Waals surface area contributed by atoms with Gasteiger partial charge < -0.3 is 14.8 Å². The normalized spacial score (nSPS) is 10.6. The van der Waals surface area contributed by atoms with Crippen molar-refractivity contribution in [3.05, 3.63) is 74.0 Å². The Morgan fingerprint density at radius 1 is 1.19 bits per heavy atom. The van der Waals surface area contributed by atoms with Crippen LogP contribution in [0.15, 0.2) is 47.1 Å². The topological polar surface area (TPSA) is 109 Å². The van der Waals surface area contributed by atoms with Crippen LogP contribution in [-0.4, -0.2) is 41.4 Å². The summed E-state index contributed by atoms with van der Waals surface area (Å²) < 4.78 is 13.0. The van der Waals surface area contributed by atoms with Gasteiger partial charge in [-0.1, -0.05) is 15.9 Å². The molecule has 0 unspecified atom stereocenters. The molecule has 0 spiro atoms. The van der Waals surface area contributed by atoms with Gasteiger partial charge in [-0.3, -0.25) is 14.9 Å². The summed E-state index contributed by atoms with van der Waals surface area (Å²) in [6.45, 7) is 2.02. The number of nitrogens with one attached hydrogen (secondary N) is 1. The second-order valence-electron chi connectivity index (χ2n) is 6.63. The molecule has 0 radical (unpaired) electrons. The Kier molecular flexibility index (Phi) is 6.91. The summed E-state index contributed by atoms with van der Waals surface area (Å²) >= 11 is 3.39. The molecule has 9 nitrogen and oxygen atoms in total. The zero-order chi connectivity index (χ0) is 22.5. The predicted octanol–water partition coefficient (Wildman–Crippen LogP) is 3.84. The molecule has 31 heavy (non-hydrogen) atoms. The second-order valence-corrected chi connectivity index (χ2v) is 7.55. The quantitative estimate of drug-likeness (QED) is 0.381. The summed E-state index contributed by atoms with van der Waals surface area (Å²) in [6.07, 6.45) is 1.76. The van der Waals surface area contributed by atoms with Crippen LogP contribution in [0.3, 0.4) is 0 Å². The van der Waals surface area contributed by atoms with Crippen molar-refractivity contribution in [2.45, 2.75) is 13.3 Å². The Morgan fingerprint density at radius 2 is 1.84 bits per heavy atom. The number of ether oxygens (including phenoxy) is 2. The smallest absolute Gasteiger partial charge is 0.276 e. The summed E-state index contributed by atoms with van der Waals surface area (Å²) in [5.74, 6) is 0.364. The molecule has 0 bridgehead atoms. The first-order chi connectivity index (χ1) is 14.8. The van der Waals surface area contributed by atoms with Gasteiger partial charge >= 0.3 is 0 Å². The fraction of sp³-hybridized carbons (Fsp3) is 0.238. The van der Waals surface area contributed by atoms with Crippen molar-refractivity contribution >= 4 is 27.5 Å². The van der Waals surface area contributed by atoms with Crippen molar-refractivity contribution in [3.63, 3.8) is 0 Å². The van der Waals surface area contributed by atoms with Crippen molar-refractivity contribution in [1.29, 1.82) is 0 Å².